The van der Waals surface area contributed by atoms with Crippen LogP contribution in [0.3, 0.4) is 0 Å². The largest absolute Gasteiger partial charge is 0.494 e. The molecule has 1 N–H and O–H groups in total. The first-order chi connectivity index (χ1) is 15.3. The second-order valence-corrected chi connectivity index (χ2v) is 9.87. The van der Waals surface area contributed by atoms with Crippen molar-refractivity contribution in [1.82, 2.24) is 5.32 Å². The molecule has 1 atom stereocenters. The van der Waals surface area contributed by atoms with Crippen molar-refractivity contribution in [3.8, 4) is 5.75 Å². The fourth-order valence-electron chi connectivity index (χ4n) is 3.16. The van der Waals surface area contributed by atoms with Gasteiger partial charge in [0, 0.05) is 4.47 Å². The Morgan fingerprint density at radius 3 is 2.22 bits per heavy atom. The first-order valence-electron chi connectivity index (χ1n) is 10.2. The second kappa shape index (κ2) is 10.7. The Balaban J connectivity index is 1.81. The minimum Gasteiger partial charge on any atom is -0.494 e. The average molecular weight is 517 g/mol. The number of halogens is 1. The van der Waals surface area contributed by atoms with E-state index in [9.17, 15) is 13.2 Å². The lowest BCUT2D eigenvalue weighted by molar-refractivity contribution is -0.120. The molecule has 3 aromatic carbocycles. The Morgan fingerprint density at radius 2 is 1.62 bits per heavy atom. The number of rotatable bonds is 9. The number of ether oxygens (including phenoxy) is 1. The van der Waals surface area contributed by atoms with E-state index < -0.39 is 15.9 Å². The summed E-state index contributed by atoms with van der Waals surface area (Å²) in [5.74, 6) is 0.346. The van der Waals surface area contributed by atoms with Crippen molar-refractivity contribution in [1.29, 1.82) is 0 Å². The molecule has 0 heterocycles. The third kappa shape index (κ3) is 5.89. The summed E-state index contributed by atoms with van der Waals surface area (Å²) in [7, 11) is -3.93. The molecular weight excluding hydrogens is 492 g/mol. The molecule has 1 amide bonds. The first-order valence-corrected chi connectivity index (χ1v) is 12.4. The van der Waals surface area contributed by atoms with Gasteiger partial charge in [-0.1, -0.05) is 46.3 Å². The van der Waals surface area contributed by atoms with Crippen LogP contribution in [-0.4, -0.2) is 27.5 Å². The normalized spacial score (nSPS) is 12.1. The maximum Gasteiger partial charge on any atom is 0.264 e. The first kappa shape index (κ1) is 23.8. The number of carbonyl (C=O) groups is 1. The van der Waals surface area contributed by atoms with Gasteiger partial charge in [0.1, 0.15) is 12.3 Å². The van der Waals surface area contributed by atoms with Crippen molar-refractivity contribution in [3.05, 3.63) is 88.9 Å². The number of amides is 1. The van der Waals surface area contributed by atoms with E-state index in [2.05, 4.69) is 21.2 Å². The van der Waals surface area contributed by atoms with Crippen LogP contribution in [0.2, 0.25) is 0 Å². The highest BCUT2D eigenvalue weighted by molar-refractivity contribution is 9.10. The molecule has 8 heteroatoms. The van der Waals surface area contributed by atoms with Crippen molar-refractivity contribution in [2.24, 2.45) is 0 Å². The average Bonchev–Trinajstić information content (AvgIpc) is 2.79. The monoisotopic (exact) mass is 516 g/mol. The number of hydrogen-bond acceptors (Lipinski definition) is 4. The lowest BCUT2D eigenvalue weighted by Gasteiger charge is -2.25. The molecule has 0 aliphatic heterocycles. The molecule has 0 saturated carbocycles. The molecule has 168 valence electrons. The lowest BCUT2D eigenvalue weighted by Crippen LogP contribution is -2.41. The number of hydrogen-bond donors (Lipinski definition) is 1. The van der Waals surface area contributed by atoms with E-state index >= 15 is 0 Å². The number of anilines is 1. The van der Waals surface area contributed by atoms with Gasteiger partial charge in [-0.05, 0) is 67.9 Å². The molecule has 32 heavy (non-hydrogen) atoms. The Labute approximate surface area is 197 Å². The Bertz CT molecular complexity index is 1130. The van der Waals surface area contributed by atoms with Gasteiger partial charge in [-0.2, -0.15) is 0 Å². The third-order valence-electron chi connectivity index (χ3n) is 4.80. The SMILES string of the molecule is CCOc1ccc([C@H](C)NC(=O)CN(c2ccc(Br)cc2)S(=O)(=O)c2ccccc2)cc1. The zero-order chi connectivity index (χ0) is 23.1. The minimum absolute atomic E-state index is 0.121. The highest BCUT2D eigenvalue weighted by Gasteiger charge is 2.27. The van der Waals surface area contributed by atoms with Crippen LogP contribution in [-0.2, 0) is 14.8 Å². The van der Waals surface area contributed by atoms with Crippen LogP contribution < -0.4 is 14.4 Å². The van der Waals surface area contributed by atoms with E-state index in [1.807, 2.05) is 38.1 Å². The summed E-state index contributed by atoms with van der Waals surface area (Å²) in [6, 6.07) is 22.0. The number of carbonyl (C=O) groups excluding carboxylic acids is 1. The smallest absolute Gasteiger partial charge is 0.264 e. The van der Waals surface area contributed by atoms with E-state index in [1.54, 1.807) is 42.5 Å². The summed E-state index contributed by atoms with van der Waals surface area (Å²) in [5.41, 5.74) is 1.30. The molecule has 0 saturated heterocycles. The molecule has 0 radical (unpaired) electrons. The van der Waals surface area contributed by atoms with Gasteiger partial charge in [-0.3, -0.25) is 9.10 Å². The van der Waals surface area contributed by atoms with Crippen LogP contribution in [0, 0.1) is 0 Å². The van der Waals surface area contributed by atoms with Crippen molar-refractivity contribution in [2.75, 3.05) is 17.5 Å². The fourth-order valence-corrected chi connectivity index (χ4v) is 4.87. The molecule has 0 bridgehead atoms. The number of sulfonamides is 1. The summed E-state index contributed by atoms with van der Waals surface area (Å²) in [6.07, 6.45) is 0. The molecule has 0 fully saturated rings. The highest BCUT2D eigenvalue weighted by Crippen LogP contribution is 2.25. The highest BCUT2D eigenvalue weighted by atomic mass is 79.9. The van der Waals surface area contributed by atoms with Gasteiger partial charge in [0.05, 0.1) is 23.2 Å². The van der Waals surface area contributed by atoms with Crippen molar-refractivity contribution in [3.63, 3.8) is 0 Å². The topological polar surface area (TPSA) is 75.7 Å². The van der Waals surface area contributed by atoms with Gasteiger partial charge in [-0.15, -0.1) is 0 Å². The molecule has 0 unspecified atom stereocenters. The van der Waals surface area contributed by atoms with Gasteiger partial charge in [0.15, 0.2) is 0 Å². The summed E-state index contributed by atoms with van der Waals surface area (Å²) in [6.45, 7) is 3.99. The van der Waals surface area contributed by atoms with Crippen LogP contribution in [0.1, 0.15) is 25.5 Å². The minimum atomic E-state index is -3.93. The molecule has 3 aromatic rings. The summed E-state index contributed by atoms with van der Waals surface area (Å²) in [5, 5.41) is 2.89. The number of benzene rings is 3. The van der Waals surface area contributed by atoms with E-state index in [1.165, 1.54) is 12.1 Å². The Hall–Kier alpha value is -2.84. The van der Waals surface area contributed by atoms with E-state index in [0.717, 1.165) is 20.1 Å². The molecular formula is C24H25BrN2O4S. The van der Waals surface area contributed by atoms with E-state index in [0.29, 0.717) is 12.3 Å². The molecule has 0 spiro atoms. The standard InChI is InChI=1S/C24H25BrN2O4S/c1-3-31-22-15-9-19(10-16-22)18(2)26-24(28)17-27(21-13-11-20(25)12-14-21)32(29,30)23-7-5-4-6-8-23/h4-16,18H,3,17H2,1-2H3,(H,26,28)/t18-/m0/s1. The van der Waals surface area contributed by atoms with Gasteiger partial charge in [-0.25, -0.2) is 8.42 Å². The van der Waals surface area contributed by atoms with Crippen molar-refractivity contribution >= 4 is 37.5 Å². The summed E-state index contributed by atoms with van der Waals surface area (Å²) >= 11 is 3.36. The van der Waals surface area contributed by atoms with Crippen LogP contribution in [0.15, 0.2) is 88.2 Å². The molecule has 0 aliphatic carbocycles. The van der Waals surface area contributed by atoms with Crippen LogP contribution in [0.25, 0.3) is 0 Å². The Morgan fingerprint density at radius 1 is 1.00 bits per heavy atom. The fraction of sp³-hybridized carbons (Fsp3) is 0.208. The number of nitrogens with zero attached hydrogens (tertiary/aromatic N) is 1. The molecule has 0 aliphatic rings. The molecule has 3 rings (SSSR count). The predicted octanol–water partition coefficient (Wildman–Crippen LogP) is 4.92. The van der Waals surface area contributed by atoms with E-state index in [-0.39, 0.29) is 17.5 Å². The molecule has 6 nitrogen and oxygen atoms in total. The predicted molar refractivity (Wildman–Crippen MR) is 129 cm³/mol. The zero-order valence-corrected chi connectivity index (χ0v) is 20.3. The van der Waals surface area contributed by atoms with Crippen molar-refractivity contribution in [2.45, 2.75) is 24.8 Å². The third-order valence-corrected chi connectivity index (χ3v) is 7.12. The van der Waals surface area contributed by atoms with Gasteiger partial charge < -0.3 is 10.1 Å². The second-order valence-electron chi connectivity index (χ2n) is 7.09. The van der Waals surface area contributed by atoms with Gasteiger partial charge in [0.2, 0.25) is 5.91 Å². The van der Waals surface area contributed by atoms with Gasteiger partial charge in [0.25, 0.3) is 10.0 Å². The quantitative estimate of drug-likeness (QED) is 0.437. The Kier molecular flexibility index (Phi) is 7.93. The lowest BCUT2D eigenvalue weighted by atomic mass is 10.1. The maximum atomic E-state index is 13.3. The van der Waals surface area contributed by atoms with Crippen LogP contribution in [0.5, 0.6) is 5.75 Å². The summed E-state index contributed by atoms with van der Waals surface area (Å²) < 4.78 is 34.0. The van der Waals surface area contributed by atoms with E-state index in [4.69, 9.17) is 4.74 Å². The van der Waals surface area contributed by atoms with Crippen LogP contribution >= 0.6 is 15.9 Å². The number of nitrogens with one attached hydrogen (secondary N) is 1. The maximum absolute atomic E-state index is 13.3. The van der Waals surface area contributed by atoms with Crippen LogP contribution in [0.4, 0.5) is 5.69 Å². The summed E-state index contributed by atoms with van der Waals surface area (Å²) in [4.78, 5) is 13.0. The van der Waals surface area contributed by atoms with Crippen molar-refractivity contribution < 1.29 is 17.9 Å². The van der Waals surface area contributed by atoms with Gasteiger partial charge >= 0.3 is 0 Å². The zero-order valence-electron chi connectivity index (χ0n) is 17.9. The molecule has 0 aromatic heterocycles.